The highest BCUT2D eigenvalue weighted by Crippen LogP contribution is 2.16. The van der Waals surface area contributed by atoms with Gasteiger partial charge in [0.05, 0.1) is 10.6 Å². The van der Waals surface area contributed by atoms with Crippen molar-refractivity contribution in [2.24, 2.45) is 0 Å². The molecule has 178 valence electrons. The molecule has 9 heteroatoms. The van der Waals surface area contributed by atoms with Crippen LogP contribution in [0.15, 0.2) is 48.5 Å². The Morgan fingerprint density at radius 2 is 1.88 bits per heavy atom. The zero-order chi connectivity index (χ0) is 24.1. The molecule has 0 heterocycles. The third-order valence-electron chi connectivity index (χ3n) is 4.70. The van der Waals surface area contributed by atoms with Crippen molar-refractivity contribution in [1.29, 1.82) is 0 Å². The lowest BCUT2D eigenvalue weighted by Gasteiger charge is -2.19. The predicted molar refractivity (Wildman–Crippen MR) is 134 cm³/mol. The van der Waals surface area contributed by atoms with Gasteiger partial charge >= 0.3 is 0 Å². The second-order valence-electron chi connectivity index (χ2n) is 7.16. The van der Waals surface area contributed by atoms with Gasteiger partial charge in [-0.15, -0.1) is 0 Å². The summed E-state index contributed by atoms with van der Waals surface area (Å²) in [5, 5.41) is 8.73. The summed E-state index contributed by atoms with van der Waals surface area (Å²) in [4.78, 5) is 38.0. The van der Waals surface area contributed by atoms with Crippen LogP contribution in [0.5, 0.6) is 0 Å². The van der Waals surface area contributed by atoms with Crippen LogP contribution < -0.4 is 16.0 Å². The van der Waals surface area contributed by atoms with Crippen LogP contribution in [0.2, 0.25) is 5.02 Å². The number of carbonyl (C=O) groups is 3. The lowest BCUT2D eigenvalue weighted by molar-refractivity contribution is -0.118. The molecule has 1 atom stereocenters. The monoisotopic (exact) mass is 491 g/mol. The minimum absolute atomic E-state index is 0.228. The minimum Gasteiger partial charge on any atom is -0.382 e. The van der Waals surface area contributed by atoms with Crippen LogP contribution >= 0.6 is 23.4 Å². The Morgan fingerprint density at radius 3 is 2.61 bits per heavy atom. The van der Waals surface area contributed by atoms with Gasteiger partial charge in [0.1, 0.15) is 6.04 Å². The van der Waals surface area contributed by atoms with Crippen molar-refractivity contribution in [2.45, 2.75) is 25.8 Å². The number of nitrogens with one attached hydrogen (secondary N) is 3. The molecule has 0 aromatic heterocycles. The van der Waals surface area contributed by atoms with E-state index in [1.54, 1.807) is 60.3 Å². The number of halogens is 1. The molecule has 0 spiro atoms. The molecule has 2 rings (SSSR count). The normalized spacial score (nSPS) is 11.5. The smallest absolute Gasteiger partial charge is 0.253 e. The lowest BCUT2D eigenvalue weighted by Crippen LogP contribution is -2.44. The number of carbonyl (C=O) groups excluding carboxylic acids is 3. The van der Waals surface area contributed by atoms with Gasteiger partial charge in [0.2, 0.25) is 5.91 Å². The van der Waals surface area contributed by atoms with E-state index in [2.05, 4.69) is 16.0 Å². The van der Waals surface area contributed by atoms with Gasteiger partial charge in [-0.3, -0.25) is 14.4 Å². The maximum absolute atomic E-state index is 12.9. The first-order chi connectivity index (χ1) is 16.0. The van der Waals surface area contributed by atoms with E-state index in [1.165, 1.54) is 0 Å². The average Bonchev–Trinajstić information content (AvgIpc) is 2.81. The van der Waals surface area contributed by atoms with Gasteiger partial charge in [-0.25, -0.2) is 0 Å². The van der Waals surface area contributed by atoms with Gasteiger partial charge in [0.25, 0.3) is 11.8 Å². The van der Waals surface area contributed by atoms with Gasteiger partial charge in [0, 0.05) is 31.0 Å². The fourth-order valence-electron chi connectivity index (χ4n) is 2.98. The fraction of sp³-hybridized carbons (Fsp3) is 0.375. The summed E-state index contributed by atoms with van der Waals surface area (Å²) in [6, 6.07) is 12.6. The van der Waals surface area contributed by atoms with Gasteiger partial charge in [0.15, 0.2) is 0 Å². The Kier molecular flexibility index (Phi) is 11.8. The Labute approximate surface area is 204 Å². The molecule has 2 aromatic rings. The molecule has 0 radical (unpaired) electrons. The number of hydrogen-bond donors (Lipinski definition) is 3. The molecule has 0 bridgehead atoms. The lowest BCUT2D eigenvalue weighted by atomic mass is 10.1. The average molecular weight is 492 g/mol. The van der Waals surface area contributed by atoms with Crippen LogP contribution in [0.4, 0.5) is 5.69 Å². The highest BCUT2D eigenvalue weighted by molar-refractivity contribution is 7.98. The first-order valence-electron chi connectivity index (χ1n) is 10.8. The van der Waals surface area contributed by atoms with Crippen LogP contribution in [0.3, 0.4) is 0 Å². The molecule has 33 heavy (non-hydrogen) atoms. The van der Waals surface area contributed by atoms with E-state index in [-0.39, 0.29) is 11.8 Å². The molecule has 7 nitrogen and oxygen atoms in total. The van der Waals surface area contributed by atoms with Gasteiger partial charge in [-0.2, -0.15) is 11.8 Å². The Balaban J connectivity index is 2.02. The Bertz CT molecular complexity index is 941. The van der Waals surface area contributed by atoms with Crippen LogP contribution in [0.1, 0.15) is 40.5 Å². The van der Waals surface area contributed by atoms with Crippen molar-refractivity contribution in [3.63, 3.8) is 0 Å². The number of amides is 3. The van der Waals surface area contributed by atoms with Crippen molar-refractivity contribution in [1.82, 2.24) is 10.6 Å². The van der Waals surface area contributed by atoms with Gasteiger partial charge < -0.3 is 20.7 Å². The van der Waals surface area contributed by atoms with Gasteiger partial charge in [-0.05, 0) is 62.1 Å². The maximum Gasteiger partial charge on any atom is 0.253 e. The second kappa shape index (κ2) is 14.6. The molecule has 0 aliphatic carbocycles. The maximum atomic E-state index is 12.9. The van der Waals surface area contributed by atoms with E-state index in [9.17, 15) is 14.4 Å². The van der Waals surface area contributed by atoms with E-state index in [4.69, 9.17) is 16.3 Å². The van der Waals surface area contributed by atoms with Crippen molar-refractivity contribution >= 4 is 46.8 Å². The van der Waals surface area contributed by atoms with E-state index >= 15 is 0 Å². The van der Waals surface area contributed by atoms with Crippen molar-refractivity contribution in [3.05, 3.63) is 64.7 Å². The summed E-state index contributed by atoms with van der Waals surface area (Å²) < 4.78 is 5.26. The topological polar surface area (TPSA) is 96.5 Å². The largest absolute Gasteiger partial charge is 0.382 e. The molecule has 0 aliphatic heterocycles. The number of hydrogen-bond acceptors (Lipinski definition) is 5. The molecule has 2 aromatic carbocycles. The first-order valence-corrected chi connectivity index (χ1v) is 12.5. The van der Waals surface area contributed by atoms with Crippen LogP contribution in [0, 0.1) is 0 Å². The molecule has 3 amide bonds. The van der Waals surface area contributed by atoms with E-state index in [0.29, 0.717) is 53.8 Å². The van der Waals surface area contributed by atoms with Crippen LogP contribution in [-0.2, 0) is 9.53 Å². The summed E-state index contributed by atoms with van der Waals surface area (Å²) in [6.45, 7) is 3.66. The standard InChI is InChI=1S/C24H30ClN3O4S/c1-3-32-14-7-13-26-22(29)17-8-6-9-18(16-17)27-24(31)21(12-15-33-2)28-23(30)19-10-4-5-11-20(19)25/h4-6,8-11,16,21H,3,7,12-15H2,1-2H3,(H,26,29)(H,27,31)(H,28,30). The summed E-state index contributed by atoms with van der Waals surface area (Å²) in [6.07, 6.45) is 3.10. The number of benzene rings is 2. The number of thioether (sulfide) groups is 1. The summed E-state index contributed by atoms with van der Waals surface area (Å²) >= 11 is 7.69. The Morgan fingerprint density at radius 1 is 1.09 bits per heavy atom. The molecule has 3 N–H and O–H groups in total. The summed E-state index contributed by atoms with van der Waals surface area (Å²) in [5.74, 6) is -0.320. The van der Waals surface area contributed by atoms with Crippen molar-refractivity contribution in [3.8, 4) is 0 Å². The zero-order valence-electron chi connectivity index (χ0n) is 18.9. The third kappa shape index (κ3) is 9.07. The number of ether oxygens (including phenoxy) is 1. The minimum atomic E-state index is -0.753. The van der Waals surface area contributed by atoms with Crippen LogP contribution in [-0.4, -0.2) is 55.5 Å². The number of anilines is 1. The number of rotatable bonds is 13. The van der Waals surface area contributed by atoms with Gasteiger partial charge in [-0.1, -0.05) is 29.8 Å². The third-order valence-corrected chi connectivity index (χ3v) is 5.67. The quantitative estimate of drug-likeness (QED) is 0.368. The zero-order valence-corrected chi connectivity index (χ0v) is 20.4. The molecule has 0 saturated carbocycles. The second-order valence-corrected chi connectivity index (χ2v) is 8.56. The van der Waals surface area contributed by atoms with Crippen molar-refractivity contribution in [2.75, 3.05) is 37.1 Å². The predicted octanol–water partition coefficient (Wildman–Crippen LogP) is 3.99. The van der Waals surface area contributed by atoms with E-state index in [1.807, 2.05) is 13.2 Å². The summed E-state index contributed by atoms with van der Waals surface area (Å²) in [7, 11) is 0. The highest BCUT2D eigenvalue weighted by Gasteiger charge is 2.22. The Hall–Kier alpha value is -2.55. The summed E-state index contributed by atoms with van der Waals surface area (Å²) in [5.41, 5.74) is 1.22. The van der Waals surface area contributed by atoms with Crippen LogP contribution in [0.25, 0.3) is 0 Å². The van der Waals surface area contributed by atoms with E-state index < -0.39 is 11.9 Å². The molecule has 1 unspecified atom stereocenters. The molecular weight excluding hydrogens is 462 g/mol. The first kappa shape index (κ1) is 26.7. The van der Waals surface area contributed by atoms with Crippen molar-refractivity contribution < 1.29 is 19.1 Å². The van der Waals surface area contributed by atoms with E-state index in [0.717, 1.165) is 6.42 Å². The molecule has 0 fully saturated rings. The highest BCUT2D eigenvalue weighted by atomic mass is 35.5. The molecule has 0 saturated heterocycles. The fourth-order valence-corrected chi connectivity index (χ4v) is 3.67. The molecule has 0 aliphatic rings. The molecular formula is C24H30ClN3O4S. The SMILES string of the molecule is CCOCCCNC(=O)c1cccc(NC(=O)C(CCSC)NC(=O)c2ccccc2Cl)c1.